The minimum absolute atomic E-state index is 0.00552. The average Bonchev–Trinajstić information content (AvgIpc) is 3.42. The molecule has 1 aliphatic rings. The predicted molar refractivity (Wildman–Crippen MR) is 158 cm³/mol. The third-order valence-electron chi connectivity index (χ3n) is 6.71. The third-order valence-corrected chi connectivity index (χ3v) is 9.02. The molecule has 3 aromatic carbocycles. The SMILES string of the molecule is CC(=O)O[C@@H](C)C(=O)NCc1ccc([C@H]2O[C@@H](CSc3nc4ccccc4s3)C[C@@H](c3ccc(CO)cc3)O2)cc1. The van der Waals surface area contributed by atoms with Gasteiger partial charge in [-0.1, -0.05) is 72.4 Å². The number of amides is 1. The summed E-state index contributed by atoms with van der Waals surface area (Å²) in [5.41, 5.74) is 4.66. The van der Waals surface area contributed by atoms with Crippen LogP contribution in [0.2, 0.25) is 0 Å². The Bertz CT molecular complexity index is 1440. The molecule has 0 aliphatic carbocycles. The van der Waals surface area contributed by atoms with Crippen LogP contribution in [0.15, 0.2) is 77.1 Å². The molecule has 4 aromatic rings. The van der Waals surface area contributed by atoms with E-state index >= 15 is 0 Å². The second-order valence-corrected chi connectivity index (χ2v) is 12.1. The number of aromatic nitrogens is 1. The molecule has 0 saturated carbocycles. The molecule has 0 spiro atoms. The molecule has 1 aliphatic heterocycles. The van der Waals surface area contributed by atoms with E-state index in [9.17, 15) is 14.7 Å². The molecular formula is C31H32N2O6S2. The van der Waals surface area contributed by atoms with Gasteiger partial charge < -0.3 is 24.6 Å². The zero-order valence-electron chi connectivity index (χ0n) is 22.8. The Morgan fingerprint density at radius 1 is 1.05 bits per heavy atom. The minimum atomic E-state index is -0.850. The summed E-state index contributed by atoms with van der Waals surface area (Å²) in [5, 5.41) is 12.2. The van der Waals surface area contributed by atoms with Crippen LogP contribution < -0.4 is 5.32 Å². The van der Waals surface area contributed by atoms with Crippen LogP contribution in [0.5, 0.6) is 0 Å². The zero-order valence-corrected chi connectivity index (χ0v) is 24.5. The number of nitrogens with zero attached hydrogens (tertiary/aromatic N) is 1. The van der Waals surface area contributed by atoms with Crippen molar-refractivity contribution < 1.29 is 28.9 Å². The summed E-state index contributed by atoms with van der Waals surface area (Å²) < 4.78 is 20.0. The molecule has 5 rings (SSSR count). The fraction of sp³-hybridized carbons (Fsp3) is 0.323. The highest BCUT2D eigenvalue weighted by atomic mass is 32.2. The van der Waals surface area contributed by atoms with Gasteiger partial charge in [-0.05, 0) is 35.7 Å². The number of thiazole rings is 1. The van der Waals surface area contributed by atoms with Gasteiger partial charge in [0.25, 0.3) is 5.91 Å². The molecule has 4 atom stereocenters. The number of fused-ring (bicyclic) bond motifs is 1. The van der Waals surface area contributed by atoms with Gasteiger partial charge in [0.05, 0.1) is 29.0 Å². The first-order valence-electron chi connectivity index (χ1n) is 13.4. The summed E-state index contributed by atoms with van der Waals surface area (Å²) in [6.07, 6.45) is -0.979. The van der Waals surface area contributed by atoms with Crippen LogP contribution in [-0.2, 0) is 37.0 Å². The van der Waals surface area contributed by atoms with Crippen LogP contribution in [-0.4, -0.2) is 39.9 Å². The number of carbonyl (C=O) groups is 2. The van der Waals surface area contributed by atoms with Crippen molar-refractivity contribution in [3.63, 3.8) is 0 Å². The van der Waals surface area contributed by atoms with Crippen molar-refractivity contribution in [2.45, 2.75) is 62.4 Å². The molecule has 0 radical (unpaired) electrons. The van der Waals surface area contributed by atoms with Crippen LogP contribution in [0, 0.1) is 0 Å². The minimum Gasteiger partial charge on any atom is -0.453 e. The summed E-state index contributed by atoms with van der Waals surface area (Å²) in [4.78, 5) is 28.0. The van der Waals surface area contributed by atoms with Crippen molar-refractivity contribution in [2.24, 2.45) is 0 Å². The Labute approximate surface area is 247 Å². The number of aliphatic hydroxyl groups excluding tert-OH is 1. The molecule has 1 fully saturated rings. The molecule has 41 heavy (non-hydrogen) atoms. The number of carbonyl (C=O) groups excluding carboxylic acids is 2. The first kappa shape index (κ1) is 29.2. The second-order valence-electron chi connectivity index (χ2n) is 9.82. The lowest BCUT2D eigenvalue weighted by Crippen LogP contribution is -2.35. The monoisotopic (exact) mass is 592 g/mol. The highest BCUT2D eigenvalue weighted by Crippen LogP contribution is 2.40. The molecule has 0 unspecified atom stereocenters. The number of hydrogen-bond donors (Lipinski definition) is 2. The first-order chi connectivity index (χ1) is 19.9. The van der Waals surface area contributed by atoms with Crippen molar-refractivity contribution in [3.8, 4) is 0 Å². The van der Waals surface area contributed by atoms with Gasteiger partial charge in [0, 0.05) is 31.2 Å². The van der Waals surface area contributed by atoms with E-state index in [4.69, 9.17) is 19.2 Å². The largest absolute Gasteiger partial charge is 0.453 e. The Morgan fingerprint density at radius 3 is 2.46 bits per heavy atom. The molecule has 2 N–H and O–H groups in total. The topological polar surface area (TPSA) is 107 Å². The van der Waals surface area contributed by atoms with E-state index in [0.717, 1.165) is 37.9 Å². The van der Waals surface area contributed by atoms with Crippen LogP contribution in [0.1, 0.15) is 54.9 Å². The molecule has 8 nitrogen and oxygen atoms in total. The van der Waals surface area contributed by atoms with Gasteiger partial charge in [0.15, 0.2) is 16.7 Å². The van der Waals surface area contributed by atoms with Gasteiger partial charge in [-0.3, -0.25) is 9.59 Å². The summed E-state index contributed by atoms with van der Waals surface area (Å²) in [7, 11) is 0. The standard InChI is InChI=1S/C31H32N2O6S2/c1-19(37-20(2)35)29(36)32-16-21-7-13-24(14-8-21)30-38-25(15-27(39-30)23-11-9-22(17-34)10-12-23)18-40-31-33-26-5-3-4-6-28(26)41-31/h3-14,19,25,27,30,34H,15-18H2,1-2H3,(H,32,36)/t19-,25+,27-,30-/m0/s1. The van der Waals surface area contributed by atoms with Crippen molar-refractivity contribution in [2.75, 3.05) is 5.75 Å². The molecule has 10 heteroatoms. The molecule has 1 aromatic heterocycles. The number of nitrogens with one attached hydrogen (secondary N) is 1. The van der Waals surface area contributed by atoms with E-state index in [1.807, 2.05) is 66.7 Å². The molecular weight excluding hydrogens is 560 g/mol. The molecule has 0 bridgehead atoms. The maximum atomic E-state index is 12.2. The quantitative estimate of drug-likeness (QED) is 0.179. The van der Waals surface area contributed by atoms with Gasteiger partial charge in [-0.15, -0.1) is 11.3 Å². The number of aliphatic hydroxyl groups is 1. The van der Waals surface area contributed by atoms with E-state index in [0.29, 0.717) is 13.0 Å². The zero-order chi connectivity index (χ0) is 28.8. The van der Waals surface area contributed by atoms with Gasteiger partial charge in [-0.2, -0.15) is 0 Å². The molecule has 2 heterocycles. The van der Waals surface area contributed by atoms with Crippen molar-refractivity contribution in [1.82, 2.24) is 10.3 Å². The van der Waals surface area contributed by atoms with Gasteiger partial charge in [0.1, 0.15) is 0 Å². The van der Waals surface area contributed by atoms with Crippen molar-refractivity contribution in [1.29, 1.82) is 0 Å². The maximum absolute atomic E-state index is 12.2. The maximum Gasteiger partial charge on any atom is 0.303 e. The van der Waals surface area contributed by atoms with E-state index in [-0.39, 0.29) is 24.7 Å². The van der Waals surface area contributed by atoms with Crippen LogP contribution in [0.25, 0.3) is 10.2 Å². The number of esters is 1. The lowest BCUT2D eigenvalue weighted by molar-refractivity contribution is -0.245. The number of rotatable bonds is 10. The summed E-state index contributed by atoms with van der Waals surface area (Å²) in [6, 6.07) is 23.7. The number of hydrogen-bond acceptors (Lipinski definition) is 9. The number of benzene rings is 3. The Balaban J connectivity index is 1.27. The van der Waals surface area contributed by atoms with Crippen LogP contribution in [0.4, 0.5) is 0 Å². The Morgan fingerprint density at radius 2 is 1.76 bits per heavy atom. The summed E-state index contributed by atoms with van der Waals surface area (Å²) >= 11 is 3.38. The lowest BCUT2D eigenvalue weighted by Gasteiger charge is -2.36. The smallest absolute Gasteiger partial charge is 0.303 e. The molecule has 214 valence electrons. The lowest BCUT2D eigenvalue weighted by atomic mass is 10.0. The van der Waals surface area contributed by atoms with Crippen molar-refractivity contribution >= 4 is 45.2 Å². The van der Waals surface area contributed by atoms with Gasteiger partial charge in [-0.25, -0.2) is 4.98 Å². The summed E-state index contributed by atoms with van der Waals surface area (Å²) in [6.45, 7) is 3.11. The number of thioether (sulfide) groups is 1. The average molecular weight is 593 g/mol. The number of para-hydroxylation sites is 1. The van der Waals surface area contributed by atoms with Gasteiger partial charge in [0.2, 0.25) is 0 Å². The fourth-order valence-corrected chi connectivity index (χ4v) is 6.64. The van der Waals surface area contributed by atoms with Crippen molar-refractivity contribution in [3.05, 3.63) is 95.1 Å². The highest BCUT2D eigenvalue weighted by Gasteiger charge is 2.32. The third kappa shape index (κ3) is 7.72. The summed E-state index contributed by atoms with van der Waals surface area (Å²) in [5.74, 6) is -0.120. The number of ether oxygens (including phenoxy) is 3. The predicted octanol–water partition coefficient (Wildman–Crippen LogP) is 5.69. The molecule has 1 amide bonds. The van der Waals surface area contributed by atoms with E-state index in [1.165, 1.54) is 18.5 Å². The fourth-order valence-electron chi connectivity index (χ4n) is 4.53. The second kappa shape index (κ2) is 13.6. The highest BCUT2D eigenvalue weighted by molar-refractivity contribution is 8.01. The van der Waals surface area contributed by atoms with Gasteiger partial charge >= 0.3 is 5.97 Å². The first-order valence-corrected chi connectivity index (χ1v) is 15.2. The Hall–Kier alpha value is -3.28. The van der Waals surface area contributed by atoms with Crippen LogP contribution in [0.3, 0.4) is 0 Å². The molecule has 1 saturated heterocycles. The normalized spacial score (nSPS) is 19.5. The van der Waals surface area contributed by atoms with Crippen LogP contribution >= 0.6 is 23.1 Å². The van der Waals surface area contributed by atoms with E-state index in [2.05, 4.69) is 11.4 Å². The van der Waals surface area contributed by atoms with E-state index in [1.54, 1.807) is 23.1 Å². The van der Waals surface area contributed by atoms with E-state index < -0.39 is 18.4 Å². The Kier molecular flexibility index (Phi) is 9.68.